The highest BCUT2D eigenvalue weighted by molar-refractivity contribution is 5.70. The first-order valence-electron chi connectivity index (χ1n) is 28.9. The van der Waals surface area contributed by atoms with E-state index in [0.717, 1.165) is 96.3 Å². The Kier molecular flexibility index (Phi) is 55.9. The van der Waals surface area contributed by atoms with Crippen LogP contribution in [-0.4, -0.2) is 36.4 Å². The van der Waals surface area contributed by atoms with E-state index < -0.39 is 6.10 Å². The molecular formula is C64H108O5. The normalized spacial score (nSPS) is 13.0. The molecule has 0 aliphatic carbocycles. The lowest BCUT2D eigenvalue weighted by Gasteiger charge is -2.15. The van der Waals surface area contributed by atoms with Gasteiger partial charge in [0.25, 0.3) is 0 Å². The summed E-state index contributed by atoms with van der Waals surface area (Å²) in [6.45, 7) is 4.01. The summed E-state index contributed by atoms with van der Waals surface area (Å²) in [4.78, 5) is 24.5. The lowest BCUT2D eigenvalue weighted by Crippen LogP contribution is -2.28. The summed E-state index contributed by atoms with van der Waals surface area (Å²) < 4.78 is 10.7. The molecule has 0 aromatic rings. The Labute approximate surface area is 427 Å². The Morgan fingerprint density at radius 2 is 0.623 bits per heavy atom. The predicted octanol–water partition coefficient (Wildman–Crippen LogP) is 19.7. The first-order valence-corrected chi connectivity index (χ1v) is 28.9. The molecule has 0 radical (unpaired) electrons. The molecule has 0 saturated heterocycles. The molecule has 0 spiro atoms. The maximum Gasteiger partial charge on any atom is 0.306 e. The van der Waals surface area contributed by atoms with Gasteiger partial charge in [0.2, 0.25) is 0 Å². The van der Waals surface area contributed by atoms with Crippen LogP contribution in [0.3, 0.4) is 0 Å². The summed E-state index contributed by atoms with van der Waals surface area (Å²) in [6, 6.07) is 0. The van der Waals surface area contributed by atoms with E-state index in [1.54, 1.807) is 0 Å². The summed E-state index contributed by atoms with van der Waals surface area (Å²) in [6.07, 6.45) is 84.9. The van der Waals surface area contributed by atoms with E-state index in [4.69, 9.17) is 9.47 Å². The summed E-state index contributed by atoms with van der Waals surface area (Å²) in [5.74, 6) is -0.598. The molecule has 0 aliphatic heterocycles. The lowest BCUT2D eigenvalue weighted by atomic mass is 10.0. The zero-order valence-electron chi connectivity index (χ0n) is 45.0. The van der Waals surface area contributed by atoms with Gasteiger partial charge in [0.05, 0.1) is 6.61 Å². The molecule has 1 atom stereocenters. The third-order valence-corrected chi connectivity index (χ3v) is 12.3. The molecule has 1 N–H and O–H groups in total. The standard InChI is InChI=1S/C64H108O5/c1-3-5-7-9-11-13-15-17-19-21-23-24-25-26-27-28-29-30-31-32-33-34-35-36-37-38-39-40-41-43-45-47-49-51-53-55-57-59-64(67)69-62(60-65)61-68-63(66)58-56-54-52-50-48-46-44-42-22-20-18-16-14-12-10-8-6-4-2/h5,7,11,13-14,16-17,19-20,22-24,26-27,29-30,32-33,62,65H,3-4,6,8-10,12,15,18,21,25,28,31,34-61H2,1-2H3/b7-5-,13-11-,16-14-,19-17-,22-20-,24-23-,27-26-,30-29-,33-32-. The van der Waals surface area contributed by atoms with Gasteiger partial charge >= 0.3 is 11.9 Å². The molecule has 0 bridgehead atoms. The quantitative estimate of drug-likeness (QED) is 0.0374. The molecule has 0 amide bonds. The number of aliphatic hydroxyl groups excluding tert-OH is 1. The molecule has 69 heavy (non-hydrogen) atoms. The topological polar surface area (TPSA) is 72.8 Å². The fourth-order valence-electron chi connectivity index (χ4n) is 7.98. The fourth-order valence-corrected chi connectivity index (χ4v) is 7.98. The van der Waals surface area contributed by atoms with Gasteiger partial charge < -0.3 is 14.6 Å². The van der Waals surface area contributed by atoms with Gasteiger partial charge in [-0.3, -0.25) is 9.59 Å². The number of hydrogen-bond donors (Lipinski definition) is 1. The van der Waals surface area contributed by atoms with Crippen molar-refractivity contribution in [3.63, 3.8) is 0 Å². The average molecular weight is 958 g/mol. The predicted molar refractivity (Wildman–Crippen MR) is 302 cm³/mol. The van der Waals surface area contributed by atoms with Crippen LogP contribution in [0.25, 0.3) is 0 Å². The van der Waals surface area contributed by atoms with Crippen LogP contribution in [0.4, 0.5) is 0 Å². The molecule has 0 rings (SSSR count). The van der Waals surface area contributed by atoms with Crippen molar-refractivity contribution in [3.05, 3.63) is 109 Å². The molecule has 394 valence electrons. The molecule has 0 heterocycles. The minimum absolute atomic E-state index is 0.0728. The van der Waals surface area contributed by atoms with E-state index in [1.165, 1.54) is 141 Å². The molecular weight excluding hydrogens is 849 g/mol. The zero-order chi connectivity index (χ0) is 49.9. The molecule has 5 nitrogen and oxygen atoms in total. The zero-order valence-corrected chi connectivity index (χ0v) is 45.0. The van der Waals surface area contributed by atoms with Crippen LogP contribution in [0.15, 0.2) is 109 Å². The van der Waals surface area contributed by atoms with E-state index in [0.29, 0.717) is 12.8 Å². The van der Waals surface area contributed by atoms with Gasteiger partial charge in [-0.1, -0.05) is 258 Å². The molecule has 0 saturated carbocycles. The van der Waals surface area contributed by atoms with Gasteiger partial charge in [-0.15, -0.1) is 0 Å². The van der Waals surface area contributed by atoms with Crippen LogP contribution in [0.2, 0.25) is 0 Å². The monoisotopic (exact) mass is 957 g/mol. The van der Waals surface area contributed by atoms with Crippen molar-refractivity contribution in [2.75, 3.05) is 13.2 Å². The first kappa shape index (κ1) is 65.6. The summed E-state index contributed by atoms with van der Waals surface area (Å²) in [5, 5.41) is 9.65. The number of carbonyl (C=O) groups excluding carboxylic acids is 2. The fraction of sp³-hybridized carbons (Fsp3) is 0.688. The highest BCUT2D eigenvalue weighted by Crippen LogP contribution is 2.16. The second-order valence-corrected chi connectivity index (χ2v) is 19.0. The molecule has 0 aromatic carbocycles. The van der Waals surface area contributed by atoms with Crippen molar-refractivity contribution in [1.82, 2.24) is 0 Å². The van der Waals surface area contributed by atoms with E-state index in [-0.39, 0.29) is 25.2 Å². The van der Waals surface area contributed by atoms with Crippen molar-refractivity contribution in [2.24, 2.45) is 0 Å². The minimum atomic E-state index is -0.781. The van der Waals surface area contributed by atoms with Gasteiger partial charge in [-0.2, -0.15) is 0 Å². The van der Waals surface area contributed by atoms with Crippen LogP contribution in [0.1, 0.15) is 264 Å². The second-order valence-electron chi connectivity index (χ2n) is 19.0. The van der Waals surface area contributed by atoms with E-state index in [1.807, 2.05) is 0 Å². The number of allylic oxidation sites excluding steroid dienone is 18. The van der Waals surface area contributed by atoms with E-state index in [9.17, 15) is 14.7 Å². The second kappa shape index (κ2) is 58.9. The molecule has 0 fully saturated rings. The number of unbranched alkanes of at least 4 members (excludes halogenated alkanes) is 26. The van der Waals surface area contributed by atoms with Gasteiger partial charge in [-0.05, 0) is 103 Å². The SMILES string of the molecule is CC/C=C\C/C=C\C/C=C\C/C=C\C/C=C\C/C=C\C/C=C\CCCCCCCCCCCCCCCCCC(=O)OC(CO)COC(=O)CCCCCCCCC/C=C\C/C=C\CCCCCC. The third-order valence-electron chi connectivity index (χ3n) is 12.3. The van der Waals surface area contributed by atoms with Crippen LogP contribution in [0, 0.1) is 0 Å². The lowest BCUT2D eigenvalue weighted by molar-refractivity contribution is -0.161. The molecule has 5 heteroatoms. The van der Waals surface area contributed by atoms with E-state index >= 15 is 0 Å². The van der Waals surface area contributed by atoms with E-state index in [2.05, 4.69) is 123 Å². The number of carbonyl (C=O) groups is 2. The number of ether oxygens (including phenoxy) is 2. The number of rotatable bonds is 52. The van der Waals surface area contributed by atoms with Gasteiger partial charge in [-0.25, -0.2) is 0 Å². The van der Waals surface area contributed by atoms with Crippen LogP contribution in [-0.2, 0) is 19.1 Å². The summed E-state index contributed by atoms with van der Waals surface area (Å²) in [5.41, 5.74) is 0. The Hall–Kier alpha value is -3.44. The minimum Gasteiger partial charge on any atom is -0.462 e. The summed E-state index contributed by atoms with van der Waals surface area (Å²) in [7, 11) is 0. The Morgan fingerprint density at radius 1 is 0.348 bits per heavy atom. The highest BCUT2D eigenvalue weighted by atomic mass is 16.6. The summed E-state index contributed by atoms with van der Waals surface area (Å²) >= 11 is 0. The van der Waals surface area contributed by atoms with Gasteiger partial charge in [0.1, 0.15) is 6.61 Å². The highest BCUT2D eigenvalue weighted by Gasteiger charge is 2.16. The molecule has 0 aliphatic rings. The van der Waals surface area contributed by atoms with Crippen LogP contribution in [0.5, 0.6) is 0 Å². The molecule has 0 aromatic heterocycles. The van der Waals surface area contributed by atoms with Crippen LogP contribution < -0.4 is 0 Å². The first-order chi connectivity index (χ1) is 34.1. The van der Waals surface area contributed by atoms with Gasteiger partial charge in [0.15, 0.2) is 6.10 Å². The van der Waals surface area contributed by atoms with Crippen molar-refractivity contribution in [2.45, 2.75) is 270 Å². The number of aliphatic hydroxyl groups is 1. The Balaban J connectivity index is 3.51. The maximum absolute atomic E-state index is 12.3. The molecule has 1 unspecified atom stereocenters. The Morgan fingerprint density at radius 3 is 0.942 bits per heavy atom. The maximum atomic E-state index is 12.3. The third kappa shape index (κ3) is 57.0. The van der Waals surface area contributed by atoms with Crippen molar-refractivity contribution in [3.8, 4) is 0 Å². The van der Waals surface area contributed by atoms with Crippen molar-refractivity contribution < 1.29 is 24.2 Å². The number of hydrogen-bond acceptors (Lipinski definition) is 5. The van der Waals surface area contributed by atoms with Crippen LogP contribution >= 0.6 is 0 Å². The van der Waals surface area contributed by atoms with Crippen molar-refractivity contribution >= 4 is 11.9 Å². The average Bonchev–Trinajstić information content (AvgIpc) is 3.35. The smallest absolute Gasteiger partial charge is 0.306 e. The van der Waals surface area contributed by atoms with Gasteiger partial charge in [0, 0.05) is 12.8 Å². The number of esters is 2. The Bertz CT molecular complexity index is 1360. The largest absolute Gasteiger partial charge is 0.462 e. The van der Waals surface area contributed by atoms with Crippen molar-refractivity contribution in [1.29, 1.82) is 0 Å².